The van der Waals surface area contributed by atoms with Crippen LogP contribution >= 0.6 is 12.6 Å². The first-order valence-electron chi connectivity index (χ1n) is 10.6. The molecule has 0 aromatic carbocycles. The first-order chi connectivity index (χ1) is 15.8. The van der Waals surface area contributed by atoms with Crippen LogP contribution in [-0.4, -0.2) is 82.3 Å². The van der Waals surface area contributed by atoms with Crippen LogP contribution in [-0.2, 0) is 24.0 Å². The van der Waals surface area contributed by atoms with Crippen molar-refractivity contribution in [2.75, 3.05) is 12.3 Å². The lowest BCUT2D eigenvalue weighted by Crippen LogP contribution is -2.58. The summed E-state index contributed by atoms with van der Waals surface area (Å²) >= 11 is 3.85. The summed E-state index contributed by atoms with van der Waals surface area (Å²) < 4.78 is 0. The molecule has 0 radical (unpaired) electrons. The number of guanidine groups is 1. The maximum absolute atomic E-state index is 12.9. The number of hydrogen-bond acceptors (Lipinski definition) is 8. The highest BCUT2D eigenvalue weighted by molar-refractivity contribution is 7.80. The summed E-state index contributed by atoms with van der Waals surface area (Å²) in [7, 11) is 0. The number of carboxylic acids is 2. The molecule has 0 rings (SSSR count). The molecule has 0 aromatic heterocycles. The van der Waals surface area contributed by atoms with Crippen molar-refractivity contribution in [2.24, 2.45) is 28.1 Å². The van der Waals surface area contributed by atoms with E-state index in [0.717, 1.165) is 0 Å². The first-order valence-corrected chi connectivity index (χ1v) is 11.2. The van der Waals surface area contributed by atoms with E-state index in [1.807, 2.05) is 0 Å². The van der Waals surface area contributed by atoms with Crippen molar-refractivity contribution >= 4 is 48.2 Å². The maximum Gasteiger partial charge on any atom is 0.327 e. The second kappa shape index (κ2) is 15.7. The largest absolute Gasteiger partial charge is 0.481 e. The molecule has 3 amide bonds. The molecule has 0 bridgehead atoms. The third-order valence-electron chi connectivity index (χ3n) is 4.63. The highest BCUT2D eigenvalue weighted by atomic mass is 32.1. The Morgan fingerprint density at radius 3 is 1.97 bits per heavy atom. The smallest absolute Gasteiger partial charge is 0.327 e. The predicted molar refractivity (Wildman–Crippen MR) is 127 cm³/mol. The predicted octanol–water partition coefficient (Wildman–Crippen LogP) is -2.64. The summed E-state index contributed by atoms with van der Waals surface area (Å²) in [6, 6.07) is -4.72. The fourth-order valence-corrected chi connectivity index (χ4v) is 2.95. The van der Waals surface area contributed by atoms with Gasteiger partial charge in [0.05, 0.1) is 6.04 Å². The fraction of sp³-hybridized carbons (Fsp3) is 0.684. The van der Waals surface area contributed by atoms with E-state index in [4.69, 9.17) is 27.4 Å². The van der Waals surface area contributed by atoms with Gasteiger partial charge in [0.1, 0.15) is 18.1 Å². The Kier molecular flexibility index (Phi) is 14.3. The highest BCUT2D eigenvalue weighted by Crippen LogP contribution is 2.07. The Balaban J connectivity index is 5.28. The quantitative estimate of drug-likeness (QED) is 0.0456. The Hall–Kier alpha value is -3.07. The van der Waals surface area contributed by atoms with E-state index < -0.39 is 66.2 Å². The van der Waals surface area contributed by atoms with Gasteiger partial charge in [-0.25, -0.2) is 4.79 Å². The van der Waals surface area contributed by atoms with Crippen LogP contribution in [0.3, 0.4) is 0 Å². The van der Waals surface area contributed by atoms with Crippen molar-refractivity contribution in [3.63, 3.8) is 0 Å². The van der Waals surface area contributed by atoms with Crippen molar-refractivity contribution in [1.29, 1.82) is 0 Å². The summed E-state index contributed by atoms with van der Waals surface area (Å²) in [6.45, 7) is 3.59. The molecule has 0 heterocycles. The Bertz CT molecular complexity index is 759. The van der Waals surface area contributed by atoms with Crippen LogP contribution in [0.2, 0.25) is 0 Å². The van der Waals surface area contributed by atoms with Crippen molar-refractivity contribution in [3.8, 4) is 0 Å². The van der Waals surface area contributed by atoms with Gasteiger partial charge >= 0.3 is 11.9 Å². The number of carboxylic acid groups (broad SMARTS) is 2. The van der Waals surface area contributed by atoms with E-state index in [0.29, 0.717) is 6.42 Å². The van der Waals surface area contributed by atoms with E-state index in [9.17, 15) is 24.0 Å². The first kappa shape index (κ1) is 30.9. The number of aliphatic carboxylic acids is 2. The topological polar surface area (TPSA) is 252 Å². The minimum atomic E-state index is -1.35. The molecular weight excluding hydrogens is 470 g/mol. The molecule has 4 atom stereocenters. The lowest BCUT2D eigenvalue weighted by Gasteiger charge is -2.26. The second-order valence-electron chi connectivity index (χ2n) is 7.86. The van der Waals surface area contributed by atoms with Crippen LogP contribution in [0.4, 0.5) is 0 Å². The number of carbonyl (C=O) groups excluding carboxylic acids is 3. The summed E-state index contributed by atoms with van der Waals surface area (Å²) in [5.74, 6) is -5.51. The lowest BCUT2D eigenvalue weighted by molar-refractivity contribution is -0.142. The van der Waals surface area contributed by atoms with Crippen molar-refractivity contribution in [2.45, 2.75) is 63.7 Å². The molecule has 11 N–H and O–H groups in total. The minimum Gasteiger partial charge on any atom is -0.481 e. The van der Waals surface area contributed by atoms with E-state index in [-0.39, 0.29) is 31.1 Å². The SMILES string of the molecule is CC(C)C(NC(=O)C(N)CCCN=C(N)N)C(=O)NC(CCC(=O)O)C(=O)NC(CS)C(=O)O. The average molecular weight is 506 g/mol. The molecule has 34 heavy (non-hydrogen) atoms. The summed E-state index contributed by atoms with van der Waals surface area (Å²) in [5.41, 5.74) is 16.3. The average Bonchev–Trinajstić information content (AvgIpc) is 2.74. The maximum atomic E-state index is 12.9. The number of nitrogens with two attached hydrogens (primary N) is 3. The van der Waals surface area contributed by atoms with E-state index >= 15 is 0 Å². The monoisotopic (exact) mass is 505 g/mol. The third kappa shape index (κ3) is 12.2. The number of amides is 3. The molecule has 0 saturated carbocycles. The van der Waals surface area contributed by atoms with Gasteiger partial charge in [-0.2, -0.15) is 12.6 Å². The minimum absolute atomic E-state index is 0.0832. The van der Waals surface area contributed by atoms with Gasteiger partial charge in [0.2, 0.25) is 17.7 Å². The lowest BCUT2D eigenvalue weighted by atomic mass is 10.0. The molecule has 14 nitrogen and oxygen atoms in total. The molecule has 15 heteroatoms. The highest BCUT2D eigenvalue weighted by Gasteiger charge is 2.31. The van der Waals surface area contributed by atoms with Crippen molar-refractivity contribution < 1.29 is 34.2 Å². The van der Waals surface area contributed by atoms with Crippen LogP contribution in [0.25, 0.3) is 0 Å². The van der Waals surface area contributed by atoms with Gasteiger partial charge < -0.3 is 43.4 Å². The zero-order valence-corrected chi connectivity index (χ0v) is 20.1. The van der Waals surface area contributed by atoms with Crippen LogP contribution in [0.15, 0.2) is 4.99 Å². The van der Waals surface area contributed by atoms with Gasteiger partial charge in [0, 0.05) is 18.7 Å². The van der Waals surface area contributed by atoms with E-state index in [1.54, 1.807) is 13.8 Å². The number of rotatable bonds is 16. The fourth-order valence-electron chi connectivity index (χ4n) is 2.70. The van der Waals surface area contributed by atoms with E-state index in [1.165, 1.54) is 0 Å². The van der Waals surface area contributed by atoms with Gasteiger partial charge in [0.15, 0.2) is 5.96 Å². The number of nitrogens with one attached hydrogen (secondary N) is 3. The molecule has 194 valence electrons. The van der Waals surface area contributed by atoms with Gasteiger partial charge in [0.25, 0.3) is 0 Å². The molecule has 0 aliphatic carbocycles. The molecule has 0 fully saturated rings. The van der Waals surface area contributed by atoms with E-state index in [2.05, 4.69) is 33.6 Å². The number of carbonyl (C=O) groups is 5. The number of nitrogens with zero attached hydrogens (tertiary/aromatic N) is 1. The van der Waals surface area contributed by atoms with Gasteiger partial charge in [-0.15, -0.1) is 0 Å². The molecule has 0 aliphatic heterocycles. The Morgan fingerprint density at radius 1 is 0.912 bits per heavy atom. The Morgan fingerprint density at radius 2 is 1.50 bits per heavy atom. The van der Waals surface area contributed by atoms with Gasteiger partial charge in [-0.05, 0) is 25.2 Å². The van der Waals surface area contributed by atoms with Crippen molar-refractivity contribution in [3.05, 3.63) is 0 Å². The van der Waals surface area contributed by atoms with Gasteiger partial charge in [-0.3, -0.25) is 24.2 Å². The van der Waals surface area contributed by atoms with Crippen LogP contribution in [0, 0.1) is 5.92 Å². The second-order valence-corrected chi connectivity index (χ2v) is 8.23. The van der Waals surface area contributed by atoms with Gasteiger partial charge in [-0.1, -0.05) is 13.8 Å². The molecule has 0 saturated heterocycles. The summed E-state index contributed by atoms with van der Waals surface area (Å²) in [5, 5.41) is 25.2. The van der Waals surface area contributed by atoms with Crippen LogP contribution in [0.5, 0.6) is 0 Å². The molecule has 4 unspecified atom stereocenters. The summed E-state index contributed by atoms with van der Waals surface area (Å²) in [6.07, 6.45) is -0.0808. The third-order valence-corrected chi connectivity index (χ3v) is 4.99. The van der Waals surface area contributed by atoms with Crippen LogP contribution in [0.1, 0.15) is 39.5 Å². The Labute approximate surface area is 202 Å². The number of aliphatic imine (C=N–C) groups is 1. The molecule has 0 spiro atoms. The molecular formula is C19H35N7O7S. The number of hydrogen-bond donors (Lipinski definition) is 9. The normalized spacial score (nSPS) is 14.3. The number of thiol groups is 1. The summed E-state index contributed by atoms with van der Waals surface area (Å²) in [4.78, 5) is 63.8. The standard InChI is InChI=1S/C19H35N7O7S/c1-9(2)14(26-15(29)10(20)4-3-7-23-19(21)22)17(31)24-11(5-6-13(27)28)16(30)25-12(8-34)18(32)33/h9-12,14,34H,3-8,20H2,1-2H3,(H,24,31)(H,25,30)(H,26,29)(H,27,28)(H,32,33)(H4,21,22,23). The van der Waals surface area contributed by atoms with Crippen molar-refractivity contribution in [1.82, 2.24) is 16.0 Å². The van der Waals surface area contributed by atoms with Crippen LogP contribution < -0.4 is 33.2 Å². The molecule has 0 aliphatic rings. The zero-order chi connectivity index (χ0) is 26.4. The zero-order valence-electron chi connectivity index (χ0n) is 19.2. The molecule has 0 aromatic rings.